The summed E-state index contributed by atoms with van der Waals surface area (Å²) in [7, 11) is 0. The van der Waals surface area contributed by atoms with E-state index in [9.17, 15) is 0 Å². The van der Waals surface area contributed by atoms with Gasteiger partial charge in [0.05, 0.1) is 5.69 Å². The van der Waals surface area contributed by atoms with Crippen LogP contribution in [0.2, 0.25) is 0 Å². The fourth-order valence-electron chi connectivity index (χ4n) is 9.25. The molecule has 1 saturated carbocycles. The van der Waals surface area contributed by atoms with Crippen LogP contribution in [0.1, 0.15) is 36.9 Å². The van der Waals surface area contributed by atoms with Crippen LogP contribution in [0.25, 0.3) is 21.9 Å². The topological polar surface area (TPSA) is 12.9 Å². The maximum atomic E-state index is 4.98. The van der Waals surface area contributed by atoms with Crippen molar-refractivity contribution < 1.29 is 0 Å². The minimum Gasteiger partial charge on any atom is -0.256 e. The molecule has 7 aliphatic carbocycles. The molecule has 1 nitrogen and oxygen atoms in total. The molecular weight excluding hydrogens is 555 g/mol. The largest absolute Gasteiger partial charge is 0.256 e. The van der Waals surface area contributed by atoms with Gasteiger partial charge in [0.1, 0.15) is 0 Å². The fourth-order valence-corrected chi connectivity index (χ4v) is 9.25. The molecule has 4 atom stereocenters. The molecule has 1 heteroatoms. The zero-order chi connectivity index (χ0) is 30.2. The van der Waals surface area contributed by atoms with Crippen molar-refractivity contribution in [3.8, 4) is 0 Å². The highest BCUT2D eigenvalue weighted by Gasteiger charge is 2.50. The van der Waals surface area contributed by atoms with E-state index in [-0.39, 0.29) is 11.8 Å². The van der Waals surface area contributed by atoms with Crippen LogP contribution >= 0.6 is 0 Å². The zero-order valence-electron chi connectivity index (χ0n) is 25.9. The molecule has 2 aromatic carbocycles. The second kappa shape index (κ2) is 10.3. The maximum absolute atomic E-state index is 4.98. The smallest absolute Gasteiger partial charge is 0.0705 e. The SMILES string of the molecule is C1=CCCC(C2=C3C4=CC=CC5C6=C(C=C(C3=C(c3ccccc3)C3C=CC(c7cc8ccccc8cn7)=CC23)C45)CCC=C6)=C1. The number of aromatic nitrogens is 1. The Morgan fingerprint density at radius 1 is 0.674 bits per heavy atom. The van der Waals surface area contributed by atoms with Crippen molar-refractivity contribution in [2.45, 2.75) is 25.7 Å². The summed E-state index contributed by atoms with van der Waals surface area (Å²) in [6, 6.07) is 22.1. The van der Waals surface area contributed by atoms with Gasteiger partial charge in [-0.3, -0.25) is 4.98 Å². The maximum Gasteiger partial charge on any atom is 0.0705 e. The van der Waals surface area contributed by atoms with Gasteiger partial charge in [-0.2, -0.15) is 0 Å². The molecule has 46 heavy (non-hydrogen) atoms. The van der Waals surface area contributed by atoms with E-state index in [1.54, 1.807) is 5.57 Å². The van der Waals surface area contributed by atoms with E-state index in [4.69, 9.17) is 4.98 Å². The van der Waals surface area contributed by atoms with Crippen LogP contribution in [-0.2, 0) is 0 Å². The highest BCUT2D eigenvalue weighted by molar-refractivity contribution is 5.93. The van der Waals surface area contributed by atoms with Crippen molar-refractivity contribution in [3.05, 3.63) is 196 Å². The molecule has 3 aromatic rings. The second-order valence-electron chi connectivity index (χ2n) is 13.6. The Bertz CT molecular complexity index is 2200. The first-order valence-corrected chi connectivity index (χ1v) is 17.0. The second-order valence-corrected chi connectivity index (χ2v) is 13.6. The Hall–Kier alpha value is -5.01. The van der Waals surface area contributed by atoms with E-state index < -0.39 is 0 Å². The third-order valence-corrected chi connectivity index (χ3v) is 11.2. The van der Waals surface area contributed by atoms with E-state index in [2.05, 4.69) is 134 Å². The predicted octanol–water partition coefficient (Wildman–Crippen LogP) is 10.8. The molecule has 10 rings (SSSR count). The molecule has 4 unspecified atom stereocenters. The van der Waals surface area contributed by atoms with Crippen LogP contribution in [0.3, 0.4) is 0 Å². The summed E-state index contributed by atoms with van der Waals surface area (Å²) < 4.78 is 0. The quantitative estimate of drug-likeness (QED) is 0.296. The average Bonchev–Trinajstić information content (AvgIpc) is 3.45. The summed E-state index contributed by atoms with van der Waals surface area (Å²) in [6.07, 6.45) is 35.6. The minimum atomic E-state index is 0.230. The Labute approximate surface area is 271 Å². The van der Waals surface area contributed by atoms with E-state index in [1.165, 1.54) is 66.5 Å². The minimum absolute atomic E-state index is 0.230. The summed E-state index contributed by atoms with van der Waals surface area (Å²) in [5.41, 5.74) is 17.3. The third-order valence-electron chi connectivity index (χ3n) is 11.2. The number of pyridine rings is 1. The summed E-state index contributed by atoms with van der Waals surface area (Å²) >= 11 is 0. The van der Waals surface area contributed by atoms with E-state index in [0.717, 1.165) is 31.4 Å². The molecule has 220 valence electrons. The van der Waals surface area contributed by atoms with Crippen molar-refractivity contribution in [1.29, 1.82) is 0 Å². The molecule has 0 radical (unpaired) electrons. The molecule has 1 fully saturated rings. The zero-order valence-corrected chi connectivity index (χ0v) is 25.9. The van der Waals surface area contributed by atoms with Crippen LogP contribution in [0.4, 0.5) is 0 Å². The molecule has 0 aliphatic heterocycles. The normalized spacial score (nSPS) is 27.1. The van der Waals surface area contributed by atoms with Crippen molar-refractivity contribution in [2.24, 2.45) is 23.7 Å². The molecule has 0 N–H and O–H groups in total. The third kappa shape index (κ3) is 3.84. The molecule has 7 aliphatic rings. The lowest BCUT2D eigenvalue weighted by atomic mass is 9.64. The van der Waals surface area contributed by atoms with Gasteiger partial charge in [0, 0.05) is 35.3 Å². The van der Waals surface area contributed by atoms with Gasteiger partial charge in [0.25, 0.3) is 0 Å². The van der Waals surface area contributed by atoms with Gasteiger partial charge in [-0.1, -0.05) is 128 Å². The molecule has 0 spiro atoms. The molecule has 0 saturated heterocycles. The van der Waals surface area contributed by atoms with E-state index >= 15 is 0 Å². The number of rotatable bonds is 3. The van der Waals surface area contributed by atoms with Crippen LogP contribution in [0.15, 0.2) is 184 Å². The van der Waals surface area contributed by atoms with Crippen LogP contribution < -0.4 is 0 Å². The van der Waals surface area contributed by atoms with Crippen molar-refractivity contribution in [3.63, 3.8) is 0 Å². The van der Waals surface area contributed by atoms with Gasteiger partial charge in [-0.15, -0.1) is 0 Å². The summed E-state index contributed by atoms with van der Waals surface area (Å²) in [4.78, 5) is 4.98. The van der Waals surface area contributed by atoms with Crippen molar-refractivity contribution >= 4 is 21.9 Å². The van der Waals surface area contributed by atoms with Crippen LogP contribution in [0, 0.1) is 23.7 Å². The number of benzene rings is 2. The Morgan fingerprint density at radius 2 is 1.52 bits per heavy atom. The van der Waals surface area contributed by atoms with E-state index in [1.807, 2.05) is 6.20 Å². The predicted molar refractivity (Wildman–Crippen MR) is 190 cm³/mol. The lowest BCUT2D eigenvalue weighted by molar-refractivity contribution is 0.591. The van der Waals surface area contributed by atoms with Crippen molar-refractivity contribution in [2.75, 3.05) is 0 Å². The first-order chi connectivity index (χ1) is 22.8. The summed E-state index contributed by atoms with van der Waals surface area (Å²) in [5.74, 6) is 1.26. The first-order valence-electron chi connectivity index (χ1n) is 17.0. The number of hydrogen-bond acceptors (Lipinski definition) is 1. The molecule has 0 bridgehead atoms. The molecule has 0 amide bonds. The number of allylic oxidation sites excluding steroid dienone is 22. The molecule has 1 aromatic heterocycles. The standard InChI is InChI=1S/C45H35N/c1-3-12-28(13-4-1)41-36-23-22-32(40-26-30-16-7-8-18-33(30)27-46-40)25-38(36)42(29-14-5-2-6-15-29)44-37-21-11-20-35-34-19-10-9-17-31(34)24-39(43(35)37)45(41)44/h1-5,7-8,10-14,16,18-27,35-36,38,43H,6,9,15,17H2. The number of fused-ring (bicyclic) bond motifs is 6. The number of hydrogen-bond donors (Lipinski definition) is 0. The Kier molecular flexibility index (Phi) is 5.85. The molecule has 1 heterocycles. The van der Waals surface area contributed by atoms with Gasteiger partial charge >= 0.3 is 0 Å². The summed E-state index contributed by atoms with van der Waals surface area (Å²) in [6.45, 7) is 0. The lowest BCUT2D eigenvalue weighted by Gasteiger charge is -2.39. The monoisotopic (exact) mass is 589 g/mol. The van der Waals surface area contributed by atoms with Gasteiger partial charge < -0.3 is 0 Å². The van der Waals surface area contributed by atoms with Crippen molar-refractivity contribution in [1.82, 2.24) is 4.98 Å². The number of nitrogens with zero attached hydrogens (tertiary/aromatic N) is 1. The van der Waals surface area contributed by atoms with Gasteiger partial charge in [0.15, 0.2) is 0 Å². The van der Waals surface area contributed by atoms with Crippen LogP contribution in [-0.4, -0.2) is 4.98 Å². The average molecular weight is 590 g/mol. The Morgan fingerprint density at radius 3 is 2.41 bits per heavy atom. The fraction of sp³-hybridized carbons (Fsp3) is 0.178. The Balaban J connectivity index is 1.26. The van der Waals surface area contributed by atoms with E-state index in [0.29, 0.717) is 11.8 Å². The van der Waals surface area contributed by atoms with Gasteiger partial charge in [-0.05, 0) is 98.4 Å². The van der Waals surface area contributed by atoms with Crippen LogP contribution in [0.5, 0.6) is 0 Å². The molecular formula is C45H35N. The lowest BCUT2D eigenvalue weighted by Crippen LogP contribution is -2.26. The summed E-state index contributed by atoms with van der Waals surface area (Å²) in [5, 5.41) is 2.42. The highest BCUT2D eigenvalue weighted by atomic mass is 14.7. The van der Waals surface area contributed by atoms with Gasteiger partial charge in [0.2, 0.25) is 0 Å². The van der Waals surface area contributed by atoms with Gasteiger partial charge in [-0.25, -0.2) is 0 Å². The first kappa shape index (κ1) is 26.2. The highest BCUT2D eigenvalue weighted by Crippen LogP contribution is 2.63.